The number of methoxy groups -OCH3 is 1. The van der Waals surface area contributed by atoms with Gasteiger partial charge in [0.25, 0.3) is 0 Å². The van der Waals surface area contributed by atoms with Crippen LogP contribution in [0, 0.1) is 5.82 Å². The zero-order valence-electron chi connectivity index (χ0n) is 6.61. The third-order valence-electron chi connectivity index (χ3n) is 1.43. The number of carbonyl (C=O) groups is 1. The third-order valence-corrected chi connectivity index (χ3v) is 2.80. The summed E-state index contributed by atoms with van der Waals surface area (Å²) in [5, 5.41) is 0.266. The second-order valence-corrected chi connectivity index (χ2v) is 3.41. The first kappa shape index (κ1) is 10.5. The van der Waals surface area contributed by atoms with Gasteiger partial charge >= 0.3 is 5.97 Å². The summed E-state index contributed by atoms with van der Waals surface area (Å²) in [6.45, 7) is 0. The van der Waals surface area contributed by atoms with Crippen LogP contribution in [0.25, 0.3) is 0 Å². The average molecular weight is 267 g/mol. The molecule has 5 heteroatoms. The Bertz CT molecular complexity index is 354. The number of carbonyl (C=O) groups excluding carboxylic acids is 1. The largest absolute Gasteiger partial charge is 0.465 e. The van der Waals surface area contributed by atoms with Gasteiger partial charge in [-0.15, -0.1) is 0 Å². The van der Waals surface area contributed by atoms with Crippen molar-refractivity contribution in [3.63, 3.8) is 0 Å². The van der Waals surface area contributed by atoms with Gasteiger partial charge in [-0.25, -0.2) is 9.18 Å². The van der Waals surface area contributed by atoms with Gasteiger partial charge in [0, 0.05) is 0 Å². The van der Waals surface area contributed by atoms with Gasteiger partial charge in [-0.2, -0.15) is 0 Å². The van der Waals surface area contributed by atoms with E-state index in [1.54, 1.807) is 0 Å². The molecule has 0 fully saturated rings. The SMILES string of the molecule is COC(=O)c1c(F)ccc(Cl)c1Br. The second kappa shape index (κ2) is 4.07. The number of hydrogen-bond acceptors (Lipinski definition) is 2. The van der Waals surface area contributed by atoms with Gasteiger partial charge in [0.15, 0.2) is 0 Å². The van der Waals surface area contributed by atoms with Crippen molar-refractivity contribution >= 4 is 33.5 Å². The smallest absolute Gasteiger partial charge is 0.342 e. The molecule has 0 aliphatic heterocycles. The Kier molecular flexibility index (Phi) is 3.27. The van der Waals surface area contributed by atoms with Crippen molar-refractivity contribution in [2.45, 2.75) is 0 Å². The predicted octanol–water partition coefficient (Wildman–Crippen LogP) is 3.03. The summed E-state index contributed by atoms with van der Waals surface area (Å²) >= 11 is 8.67. The highest BCUT2D eigenvalue weighted by Crippen LogP contribution is 2.28. The van der Waals surface area contributed by atoms with Gasteiger partial charge in [0.05, 0.1) is 16.6 Å². The number of esters is 1. The van der Waals surface area contributed by atoms with E-state index in [2.05, 4.69) is 20.7 Å². The molecule has 0 atom stereocenters. The Labute approximate surface area is 87.8 Å². The minimum atomic E-state index is -0.758. The summed E-state index contributed by atoms with van der Waals surface area (Å²) in [5.41, 5.74) is -0.185. The fourth-order valence-electron chi connectivity index (χ4n) is 0.816. The highest BCUT2D eigenvalue weighted by atomic mass is 79.9. The second-order valence-electron chi connectivity index (χ2n) is 2.21. The molecule has 1 rings (SSSR count). The van der Waals surface area contributed by atoms with E-state index < -0.39 is 11.8 Å². The quantitative estimate of drug-likeness (QED) is 0.577. The molecule has 1 aromatic carbocycles. The van der Waals surface area contributed by atoms with Crippen LogP contribution in [0.3, 0.4) is 0 Å². The van der Waals surface area contributed by atoms with Crippen LogP contribution in [-0.4, -0.2) is 13.1 Å². The molecule has 13 heavy (non-hydrogen) atoms. The molecule has 0 aliphatic rings. The minimum Gasteiger partial charge on any atom is -0.465 e. The van der Waals surface area contributed by atoms with Gasteiger partial charge in [-0.3, -0.25) is 0 Å². The monoisotopic (exact) mass is 266 g/mol. The van der Waals surface area contributed by atoms with E-state index >= 15 is 0 Å². The standard InChI is InChI=1S/C8H5BrClFO2/c1-13-8(12)6-5(11)3-2-4(10)7(6)9/h2-3H,1H3. The van der Waals surface area contributed by atoms with Crippen molar-refractivity contribution < 1.29 is 13.9 Å². The first-order valence-corrected chi connectivity index (χ1v) is 4.47. The topological polar surface area (TPSA) is 26.3 Å². The number of rotatable bonds is 1. The fraction of sp³-hybridized carbons (Fsp3) is 0.125. The van der Waals surface area contributed by atoms with E-state index in [-0.39, 0.29) is 15.1 Å². The molecule has 0 unspecified atom stereocenters. The van der Waals surface area contributed by atoms with Gasteiger partial charge in [-0.05, 0) is 28.1 Å². The summed E-state index contributed by atoms with van der Waals surface area (Å²) < 4.78 is 17.7. The third kappa shape index (κ3) is 2.00. The van der Waals surface area contributed by atoms with Crippen LogP contribution in [0.5, 0.6) is 0 Å². The molecule has 2 nitrogen and oxygen atoms in total. The molecule has 0 radical (unpaired) electrons. The van der Waals surface area contributed by atoms with E-state index in [1.165, 1.54) is 13.2 Å². The van der Waals surface area contributed by atoms with Crippen LogP contribution >= 0.6 is 27.5 Å². The van der Waals surface area contributed by atoms with Crippen LogP contribution in [0.4, 0.5) is 4.39 Å². The molecule has 0 saturated heterocycles. The first-order valence-electron chi connectivity index (χ1n) is 3.29. The molecule has 0 heterocycles. The summed E-state index contributed by atoms with van der Waals surface area (Å²) in [6, 6.07) is 2.47. The maximum absolute atomic E-state index is 13.1. The average Bonchev–Trinajstić information content (AvgIpc) is 2.12. The van der Waals surface area contributed by atoms with Crippen molar-refractivity contribution in [3.8, 4) is 0 Å². The molecule has 0 spiro atoms. The summed E-state index contributed by atoms with van der Waals surface area (Å²) in [6.07, 6.45) is 0. The lowest BCUT2D eigenvalue weighted by atomic mass is 10.2. The Morgan fingerprint density at radius 3 is 2.77 bits per heavy atom. The summed E-state index contributed by atoms with van der Waals surface area (Å²) in [4.78, 5) is 11.1. The lowest BCUT2D eigenvalue weighted by molar-refractivity contribution is 0.0594. The van der Waals surface area contributed by atoms with E-state index in [0.29, 0.717) is 0 Å². The van der Waals surface area contributed by atoms with Crippen molar-refractivity contribution in [2.24, 2.45) is 0 Å². The maximum atomic E-state index is 13.1. The molecule has 0 amide bonds. The van der Waals surface area contributed by atoms with Gasteiger partial charge in [0.1, 0.15) is 11.4 Å². The Balaban J connectivity index is 3.33. The van der Waals surface area contributed by atoms with Crippen molar-refractivity contribution in [1.29, 1.82) is 0 Å². The highest BCUT2D eigenvalue weighted by Gasteiger charge is 2.18. The van der Waals surface area contributed by atoms with Crippen LogP contribution in [0.2, 0.25) is 5.02 Å². The van der Waals surface area contributed by atoms with Gasteiger partial charge in [-0.1, -0.05) is 11.6 Å². The molecular formula is C8H5BrClFO2. The number of halogens is 3. The number of benzene rings is 1. The normalized spacial score (nSPS) is 9.85. The Morgan fingerprint density at radius 1 is 1.62 bits per heavy atom. The number of ether oxygens (including phenoxy) is 1. The van der Waals surface area contributed by atoms with Crippen LogP contribution < -0.4 is 0 Å². The molecule has 1 aromatic rings. The van der Waals surface area contributed by atoms with E-state index in [4.69, 9.17) is 11.6 Å². The highest BCUT2D eigenvalue weighted by molar-refractivity contribution is 9.10. The Morgan fingerprint density at radius 2 is 2.23 bits per heavy atom. The van der Waals surface area contributed by atoms with Crippen LogP contribution in [0.15, 0.2) is 16.6 Å². The molecule has 0 bridgehead atoms. The maximum Gasteiger partial charge on any atom is 0.342 e. The van der Waals surface area contributed by atoms with Crippen molar-refractivity contribution in [2.75, 3.05) is 7.11 Å². The molecular weight excluding hydrogens is 262 g/mol. The van der Waals surface area contributed by atoms with Gasteiger partial charge < -0.3 is 4.74 Å². The molecule has 70 valence electrons. The fourth-order valence-corrected chi connectivity index (χ4v) is 1.46. The van der Waals surface area contributed by atoms with Crippen LogP contribution in [-0.2, 0) is 4.74 Å². The molecule has 0 N–H and O–H groups in total. The van der Waals surface area contributed by atoms with E-state index in [1.807, 2.05) is 0 Å². The summed E-state index contributed by atoms with van der Waals surface area (Å²) in [7, 11) is 1.18. The van der Waals surface area contributed by atoms with E-state index in [9.17, 15) is 9.18 Å². The minimum absolute atomic E-state index is 0.185. The molecule has 0 saturated carbocycles. The lowest BCUT2D eigenvalue weighted by Crippen LogP contribution is -2.05. The van der Waals surface area contributed by atoms with Gasteiger partial charge in [0.2, 0.25) is 0 Å². The first-order chi connectivity index (χ1) is 6.07. The van der Waals surface area contributed by atoms with Crippen LogP contribution in [0.1, 0.15) is 10.4 Å². The van der Waals surface area contributed by atoms with Crippen molar-refractivity contribution in [3.05, 3.63) is 33.0 Å². The summed E-state index contributed by atoms with van der Waals surface area (Å²) in [5.74, 6) is -1.42. The zero-order chi connectivity index (χ0) is 10.0. The predicted molar refractivity (Wildman–Crippen MR) is 50.4 cm³/mol. The molecule has 0 aromatic heterocycles. The molecule has 0 aliphatic carbocycles. The zero-order valence-corrected chi connectivity index (χ0v) is 8.95. The Hall–Kier alpha value is -0.610. The van der Waals surface area contributed by atoms with E-state index in [0.717, 1.165) is 6.07 Å². The number of hydrogen-bond donors (Lipinski definition) is 0. The van der Waals surface area contributed by atoms with Crippen molar-refractivity contribution in [1.82, 2.24) is 0 Å². The lowest BCUT2D eigenvalue weighted by Gasteiger charge is -2.04.